The summed E-state index contributed by atoms with van der Waals surface area (Å²) in [5, 5.41) is 9.64. The van der Waals surface area contributed by atoms with Crippen LogP contribution in [0.5, 0.6) is 0 Å². The van der Waals surface area contributed by atoms with Gasteiger partial charge in [0.25, 0.3) is 0 Å². The summed E-state index contributed by atoms with van der Waals surface area (Å²) in [7, 11) is 0. The molecule has 1 atom stereocenters. The topological polar surface area (TPSA) is 72.8 Å². The zero-order chi connectivity index (χ0) is 46.3. The summed E-state index contributed by atoms with van der Waals surface area (Å²) in [5.41, 5.74) is 0. The second kappa shape index (κ2) is 54.4. The standard InChI is InChI=1S/C59H102O5/c1-3-5-7-9-11-13-15-17-19-21-23-25-26-27-28-29-30-31-32-34-36-38-40-42-44-46-48-50-52-54-59(62)64-57(55-60)56-63-58(61)53-51-49-47-45-43-41-39-37-35-33-24-22-20-18-16-14-12-10-8-6-4-2/h5,7,11,13,16-19,22-25,27-28,57,60H,3-4,6,8-10,12,14-15,20-21,26,29-56H2,1-2H3/b7-5-,13-11-,18-16-,19-17-,24-22-,25-23-,28-27-. The first-order valence-electron chi connectivity index (χ1n) is 27.1. The van der Waals surface area contributed by atoms with Gasteiger partial charge in [0.1, 0.15) is 6.61 Å². The third kappa shape index (κ3) is 51.7. The highest BCUT2D eigenvalue weighted by Gasteiger charge is 2.16. The maximum Gasteiger partial charge on any atom is 0.306 e. The highest BCUT2D eigenvalue weighted by atomic mass is 16.6. The van der Waals surface area contributed by atoms with Crippen LogP contribution in [-0.4, -0.2) is 36.4 Å². The average molecular weight is 891 g/mol. The monoisotopic (exact) mass is 891 g/mol. The Labute approximate surface area is 396 Å². The maximum absolute atomic E-state index is 12.3. The minimum Gasteiger partial charge on any atom is -0.462 e. The molecule has 5 nitrogen and oxygen atoms in total. The van der Waals surface area contributed by atoms with Crippen LogP contribution in [0.25, 0.3) is 0 Å². The highest BCUT2D eigenvalue weighted by molar-refractivity contribution is 5.70. The summed E-state index contributed by atoms with van der Waals surface area (Å²) in [6, 6.07) is 0. The lowest BCUT2D eigenvalue weighted by atomic mass is 10.0. The summed E-state index contributed by atoms with van der Waals surface area (Å²) >= 11 is 0. The molecule has 0 fully saturated rings. The van der Waals surface area contributed by atoms with Crippen LogP contribution in [0.2, 0.25) is 0 Å². The van der Waals surface area contributed by atoms with Crippen LogP contribution in [0, 0.1) is 0 Å². The fourth-order valence-corrected chi connectivity index (χ4v) is 7.61. The molecule has 0 saturated carbocycles. The number of carbonyl (C=O) groups is 2. The normalized spacial score (nSPS) is 12.9. The quantitative estimate of drug-likeness (QED) is 0.0374. The Morgan fingerprint density at radius 3 is 1.02 bits per heavy atom. The van der Waals surface area contributed by atoms with E-state index in [1.54, 1.807) is 0 Å². The molecule has 1 unspecified atom stereocenters. The van der Waals surface area contributed by atoms with Crippen molar-refractivity contribution in [2.45, 2.75) is 264 Å². The van der Waals surface area contributed by atoms with Crippen LogP contribution >= 0.6 is 0 Å². The number of aliphatic hydroxyl groups excluding tert-OH is 1. The van der Waals surface area contributed by atoms with Gasteiger partial charge in [-0.3, -0.25) is 9.59 Å². The minimum atomic E-state index is -0.779. The van der Waals surface area contributed by atoms with Crippen molar-refractivity contribution in [3.05, 3.63) is 85.1 Å². The van der Waals surface area contributed by atoms with Gasteiger partial charge in [0.2, 0.25) is 0 Å². The lowest BCUT2D eigenvalue weighted by molar-refractivity contribution is -0.161. The van der Waals surface area contributed by atoms with Gasteiger partial charge in [0.05, 0.1) is 6.61 Å². The molecule has 5 heteroatoms. The van der Waals surface area contributed by atoms with Gasteiger partial charge in [-0.05, 0) is 89.9 Å². The van der Waals surface area contributed by atoms with Crippen molar-refractivity contribution in [3.63, 3.8) is 0 Å². The summed E-state index contributed by atoms with van der Waals surface area (Å²) in [6.45, 7) is 4.03. The molecule has 0 aromatic carbocycles. The number of esters is 2. The van der Waals surface area contributed by atoms with Gasteiger partial charge >= 0.3 is 11.9 Å². The Bertz CT molecular complexity index is 1190. The first-order chi connectivity index (χ1) is 31.6. The molecule has 368 valence electrons. The van der Waals surface area contributed by atoms with E-state index in [0.29, 0.717) is 12.8 Å². The molecule has 0 aromatic heterocycles. The van der Waals surface area contributed by atoms with Crippen molar-refractivity contribution in [1.29, 1.82) is 0 Å². The van der Waals surface area contributed by atoms with Crippen molar-refractivity contribution in [2.24, 2.45) is 0 Å². The van der Waals surface area contributed by atoms with Crippen LogP contribution in [0.1, 0.15) is 258 Å². The molecule has 0 radical (unpaired) electrons. The lowest BCUT2D eigenvalue weighted by Crippen LogP contribution is -2.28. The molecular formula is C59H102O5. The molecule has 0 heterocycles. The zero-order valence-corrected chi connectivity index (χ0v) is 42.0. The molecule has 0 aliphatic rings. The molecule has 0 aromatic rings. The summed E-state index contributed by atoms with van der Waals surface area (Å²) < 4.78 is 10.7. The second-order valence-electron chi connectivity index (χ2n) is 17.9. The number of allylic oxidation sites excluding steroid dienone is 14. The van der Waals surface area contributed by atoms with Crippen LogP contribution in [0.15, 0.2) is 85.1 Å². The van der Waals surface area contributed by atoms with E-state index in [2.05, 4.69) is 98.9 Å². The number of rotatable bonds is 49. The third-order valence-electron chi connectivity index (χ3n) is 11.7. The Balaban J connectivity index is 3.51. The van der Waals surface area contributed by atoms with E-state index in [0.717, 1.165) is 77.0 Å². The van der Waals surface area contributed by atoms with Crippen LogP contribution < -0.4 is 0 Å². The van der Waals surface area contributed by atoms with Gasteiger partial charge in [-0.25, -0.2) is 0 Å². The molecule has 0 aliphatic carbocycles. The summed E-state index contributed by atoms with van der Waals surface area (Å²) in [6.07, 6.45) is 75.4. The van der Waals surface area contributed by atoms with Crippen molar-refractivity contribution in [3.8, 4) is 0 Å². The number of hydrogen-bond donors (Lipinski definition) is 1. The van der Waals surface area contributed by atoms with E-state index < -0.39 is 6.10 Å². The van der Waals surface area contributed by atoms with Gasteiger partial charge in [-0.1, -0.05) is 240 Å². The smallest absolute Gasteiger partial charge is 0.306 e. The molecule has 0 rings (SSSR count). The van der Waals surface area contributed by atoms with Gasteiger partial charge in [0, 0.05) is 12.8 Å². The van der Waals surface area contributed by atoms with Gasteiger partial charge in [-0.2, -0.15) is 0 Å². The number of ether oxygens (including phenoxy) is 2. The predicted molar refractivity (Wildman–Crippen MR) is 279 cm³/mol. The Morgan fingerprint density at radius 2 is 0.672 bits per heavy atom. The minimum absolute atomic E-state index is 0.0705. The van der Waals surface area contributed by atoms with Crippen molar-refractivity contribution < 1.29 is 24.2 Å². The van der Waals surface area contributed by atoms with Crippen molar-refractivity contribution >= 4 is 11.9 Å². The Hall–Kier alpha value is -2.92. The van der Waals surface area contributed by atoms with E-state index in [9.17, 15) is 14.7 Å². The molecule has 1 N–H and O–H groups in total. The SMILES string of the molecule is CC/C=C\C/C=C\C/C=C\C/C=C\C/C=C\CCCCCCCCCCCCCCCC(=O)OC(CO)COC(=O)CCCCCCCCCCC/C=C\C/C=C\CCCCCCC. The summed E-state index contributed by atoms with van der Waals surface area (Å²) in [4.78, 5) is 24.5. The largest absolute Gasteiger partial charge is 0.462 e. The Kier molecular flexibility index (Phi) is 51.9. The number of unbranched alkanes of at least 4 members (excludes halogenated alkanes) is 27. The fraction of sp³-hybridized carbons (Fsp3) is 0.729. The molecular weight excluding hydrogens is 789 g/mol. The third-order valence-corrected chi connectivity index (χ3v) is 11.7. The molecule has 0 saturated heterocycles. The van der Waals surface area contributed by atoms with Crippen LogP contribution in [0.4, 0.5) is 0 Å². The van der Waals surface area contributed by atoms with E-state index in [1.165, 1.54) is 154 Å². The second-order valence-corrected chi connectivity index (χ2v) is 17.9. The first-order valence-corrected chi connectivity index (χ1v) is 27.1. The average Bonchev–Trinajstić information content (AvgIpc) is 3.30. The predicted octanol–water partition coefficient (Wildman–Crippen LogP) is 18.2. The van der Waals surface area contributed by atoms with Gasteiger partial charge in [-0.15, -0.1) is 0 Å². The van der Waals surface area contributed by atoms with Crippen molar-refractivity contribution in [1.82, 2.24) is 0 Å². The molecule has 0 bridgehead atoms. The molecule has 0 amide bonds. The Morgan fingerprint density at radius 1 is 0.375 bits per heavy atom. The van der Waals surface area contributed by atoms with E-state index >= 15 is 0 Å². The van der Waals surface area contributed by atoms with E-state index in [1.807, 2.05) is 0 Å². The van der Waals surface area contributed by atoms with Gasteiger partial charge in [0.15, 0.2) is 6.10 Å². The van der Waals surface area contributed by atoms with Crippen molar-refractivity contribution in [2.75, 3.05) is 13.2 Å². The van der Waals surface area contributed by atoms with Gasteiger partial charge < -0.3 is 14.6 Å². The highest BCUT2D eigenvalue weighted by Crippen LogP contribution is 2.15. The molecule has 0 aliphatic heterocycles. The van der Waals surface area contributed by atoms with E-state index in [-0.39, 0.29) is 25.2 Å². The number of aliphatic hydroxyl groups is 1. The van der Waals surface area contributed by atoms with E-state index in [4.69, 9.17) is 9.47 Å². The molecule has 0 spiro atoms. The van der Waals surface area contributed by atoms with Crippen LogP contribution in [-0.2, 0) is 19.1 Å². The summed E-state index contributed by atoms with van der Waals surface area (Å²) in [5.74, 6) is -0.593. The number of carbonyl (C=O) groups excluding carboxylic acids is 2. The molecule has 64 heavy (non-hydrogen) atoms. The maximum atomic E-state index is 12.3. The number of hydrogen-bond acceptors (Lipinski definition) is 5. The zero-order valence-electron chi connectivity index (χ0n) is 42.0. The van der Waals surface area contributed by atoms with Crippen LogP contribution in [0.3, 0.4) is 0 Å². The lowest BCUT2D eigenvalue weighted by Gasteiger charge is -2.15. The fourth-order valence-electron chi connectivity index (χ4n) is 7.61. The first kappa shape index (κ1) is 61.1.